The van der Waals surface area contributed by atoms with Crippen molar-refractivity contribution in [2.24, 2.45) is 7.05 Å². The van der Waals surface area contributed by atoms with Gasteiger partial charge in [0.1, 0.15) is 11.6 Å². The van der Waals surface area contributed by atoms with Crippen LogP contribution in [0.5, 0.6) is 0 Å². The van der Waals surface area contributed by atoms with Gasteiger partial charge in [0.25, 0.3) is 0 Å². The molecule has 0 radical (unpaired) electrons. The smallest absolute Gasteiger partial charge is 0.123 e. The van der Waals surface area contributed by atoms with Crippen LogP contribution in [0.1, 0.15) is 0 Å². The van der Waals surface area contributed by atoms with Crippen molar-refractivity contribution in [3.63, 3.8) is 0 Å². The summed E-state index contributed by atoms with van der Waals surface area (Å²) in [6.07, 6.45) is 1.88. The minimum atomic E-state index is -0.232. The summed E-state index contributed by atoms with van der Waals surface area (Å²) in [6.45, 7) is 0. The van der Waals surface area contributed by atoms with Crippen LogP contribution in [0.2, 0.25) is 0 Å². The van der Waals surface area contributed by atoms with E-state index in [9.17, 15) is 4.39 Å². The average Bonchev–Trinajstić information content (AvgIpc) is 2.47. The average molecular weight is 190 g/mol. The van der Waals surface area contributed by atoms with E-state index in [1.807, 2.05) is 25.4 Å². The highest BCUT2D eigenvalue weighted by molar-refractivity contribution is 5.66. The maximum absolute atomic E-state index is 12.9. The van der Waals surface area contributed by atoms with E-state index < -0.39 is 0 Å². The van der Waals surface area contributed by atoms with Crippen molar-refractivity contribution < 1.29 is 4.39 Å². The molecule has 1 aromatic heterocycles. The summed E-state index contributed by atoms with van der Waals surface area (Å²) >= 11 is 0. The van der Waals surface area contributed by atoms with Crippen LogP contribution in [0.15, 0.2) is 36.5 Å². The predicted molar refractivity (Wildman–Crippen MR) is 55.2 cm³/mol. The lowest BCUT2D eigenvalue weighted by molar-refractivity contribution is 0.628. The Morgan fingerprint density at radius 3 is 2.57 bits per heavy atom. The zero-order chi connectivity index (χ0) is 10.1. The topological polar surface area (TPSA) is 30.9 Å². The molecule has 2 nitrogen and oxygen atoms in total. The summed E-state index contributed by atoms with van der Waals surface area (Å²) in [4.78, 5) is 0. The fraction of sp³-hybridized carbons (Fsp3) is 0.0909. The summed E-state index contributed by atoms with van der Waals surface area (Å²) in [7, 11) is 1.86. The van der Waals surface area contributed by atoms with Gasteiger partial charge in [0.15, 0.2) is 0 Å². The largest absolute Gasteiger partial charge is 0.385 e. The molecule has 0 saturated carbocycles. The van der Waals surface area contributed by atoms with Crippen molar-refractivity contribution in [3.05, 3.63) is 42.3 Å². The van der Waals surface area contributed by atoms with Gasteiger partial charge in [-0.2, -0.15) is 0 Å². The predicted octanol–water partition coefficient (Wildman–Crippen LogP) is 2.41. The third kappa shape index (κ3) is 1.48. The Labute approximate surface area is 81.8 Å². The molecular formula is C11H11FN2. The normalized spacial score (nSPS) is 10.4. The molecule has 72 valence electrons. The molecular weight excluding hydrogens is 179 g/mol. The van der Waals surface area contributed by atoms with E-state index >= 15 is 0 Å². The van der Waals surface area contributed by atoms with Gasteiger partial charge in [0.05, 0.1) is 0 Å². The van der Waals surface area contributed by atoms with Crippen LogP contribution < -0.4 is 5.73 Å². The van der Waals surface area contributed by atoms with Gasteiger partial charge in [0.2, 0.25) is 0 Å². The summed E-state index contributed by atoms with van der Waals surface area (Å²) < 4.78 is 14.7. The third-order valence-corrected chi connectivity index (χ3v) is 2.20. The summed E-state index contributed by atoms with van der Waals surface area (Å²) in [5.41, 5.74) is 7.46. The first-order chi connectivity index (χ1) is 6.66. The molecule has 0 aliphatic heterocycles. The second-order valence-corrected chi connectivity index (χ2v) is 3.27. The van der Waals surface area contributed by atoms with Crippen LogP contribution >= 0.6 is 0 Å². The van der Waals surface area contributed by atoms with Crippen molar-refractivity contribution in [1.82, 2.24) is 4.57 Å². The Hall–Kier alpha value is -1.77. The van der Waals surface area contributed by atoms with E-state index in [2.05, 4.69) is 0 Å². The first kappa shape index (κ1) is 8.81. The molecule has 0 aliphatic carbocycles. The van der Waals surface area contributed by atoms with Gasteiger partial charge in [-0.05, 0) is 23.8 Å². The number of nitrogens with two attached hydrogens (primary N) is 1. The minimum Gasteiger partial charge on any atom is -0.385 e. The molecule has 0 saturated heterocycles. The number of halogens is 1. The van der Waals surface area contributed by atoms with Gasteiger partial charge >= 0.3 is 0 Å². The monoisotopic (exact) mass is 190 g/mol. The third-order valence-electron chi connectivity index (χ3n) is 2.20. The Morgan fingerprint density at radius 1 is 1.21 bits per heavy atom. The fourth-order valence-electron chi connectivity index (χ4n) is 1.41. The molecule has 3 heteroatoms. The van der Waals surface area contributed by atoms with Crippen molar-refractivity contribution in [1.29, 1.82) is 0 Å². The maximum Gasteiger partial charge on any atom is 0.123 e. The summed E-state index contributed by atoms with van der Waals surface area (Å²) in [6, 6.07) is 8.30. The van der Waals surface area contributed by atoms with E-state index in [0.29, 0.717) is 5.82 Å². The number of rotatable bonds is 1. The summed E-state index contributed by atoms with van der Waals surface area (Å²) in [5, 5.41) is 0. The van der Waals surface area contributed by atoms with Crippen LogP contribution in [-0.2, 0) is 7.05 Å². The van der Waals surface area contributed by atoms with Crippen LogP contribution in [0.3, 0.4) is 0 Å². The first-order valence-corrected chi connectivity index (χ1v) is 4.34. The van der Waals surface area contributed by atoms with E-state index in [0.717, 1.165) is 11.1 Å². The van der Waals surface area contributed by atoms with Crippen molar-refractivity contribution in [3.8, 4) is 11.1 Å². The summed E-state index contributed by atoms with van der Waals surface area (Å²) in [5.74, 6) is 0.439. The second-order valence-electron chi connectivity index (χ2n) is 3.27. The molecule has 2 aromatic rings. The van der Waals surface area contributed by atoms with Gasteiger partial charge in [-0.25, -0.2) is 4.39 Å². The minimum absolute atomic E-state index is 0.232. The first-order valence-electron chi connectivity index (χ1n) is 4.34. The van der Waals surface area contributed by atoms with E-state index in [4.69, 9.17) is 5.73 Å². The highest BCUT2D eigenvalue weighted by atomic mass is 19.1. The highest BCUT2D eigenvalue weighted by Gasteiger charge is 2.02. The molecule has 2 rings (SSSR count). The molecule has 0 unspecified atom stereocenters. The van der Waals surface area contributed by atoms with E-state index in [1.54, 1.807) is 10.6 Å². The van der Waals surface area contributed by atoms with E-state index in [-0.39, 0.29) is 5.82 Å². The number of anilines is 1. The number of aryl methyl sites for hydroxylation is 1. The van der Waals surface area contributed by atoms with Crippen molar-refractivity contribution >= 4 is 5.82 Å². The Kier molecular flexibility index (Phi) is 2.00. The van der Waals surface area contributed by atoms with Gasteiger partial charge in [-0.3, -0.25) is 0 Å². The Morgan fingerprint density at radius 2 is 2.00 bits per heavy atom. The highest BCUT2D eigenvalue weighted by Crippen LogP contribution is 2.23. The lowest BCUT2D eigenvalue weighted by atomic mass is 10.1. The molecule has 1 heterocycles. The molecule has 0 bridgehead atoms. The number of hydrogen-bond donors (Lipinski definition) is 1. The van der Waals surface area contributed by atoms with Crippen LogP contribution in [-0.4, -0.2) is 4.57 Å². The molecule has 0 amide bonds. The SMILES string of the molecule is Cn1cc(-c2cccc(F)c2)cc1N. The number of nitrogens with zero attached hydrogens (tertiary/aromatic N) is 1. The molecule has 0 spiro atoms. The van der Waals surface area contributed by atoms with E-state index in [1.165, 1.54) is 12.1 Å². The van der Waals surface area contributed by atoms with Gasteiger partial charge < -0.3 is 10.3 Å². The Bertz CT molecular complexity index is 441. The number of hydrogen-bond acceptors (Lipinski definition) is 1. The standard InChI is InChI=1S/C11H11FN2/c1-14-7-9(6-11(14)13)8-3-2-4-10(12)5-8/h2-7H,13H2,1H3. The quantitative estimate of drug-likeness (QED) is 0.735. The molecule has 14 heavy (non-hydrogen) atoms. The molecule has 0 aliphatic rings. The lowest BCUT2D eigenvalue weighted by Crippen LogP contribution is -1.92. The van der Waals surface area contributed by atoms with Crippen molar-refractivity contribution in [2.45, 2.75) is 0 Å². The Balaban J connectivity index is 2.49. The van der Waals surface area contributed by atoms with Crippen molar-refractivity contribution in [2.75, 3.05) is 5.73 Å². The van der Waals surface area contributed by atoms with Crippen LogP contribution in [0.4, 0.5) is 10.2 Å². The second kappa shape index (κ2) is 3.18. The van der Waals surface area contributed by atoms with Gasteiger partial charge in [-0.15, -0.1) is 0 Å². The lowest BCUT2D eigenvalue weighted by Gasteiger charge is -1.96. The number of nitrogen functional groups attached to an aromatic ring is 1. The zero-order valence-electron chi connectivity index (χ0n) is 7.87. The molecule has 0 fully saturated rings. The van der Waals surface area contributed by atoms with Gasteiger partial charge in [0, 0.05) is 18.8 Å². The number of benzene rings is 1. The fourth-order valence-corrected chi connectivity index (χ4v) is 1.41. The molecule has 0 atom stereocenters. The molecule has 1 aromatic carbocycles. The van der Waals surface area contributed by atoms with Crippen LogP contribution in [0.25, 0.3) is 11.1 Å². The zero-order valence-corrected chi connectivity index (χ0v) is 7.87. The van der Waals surface area contributed by atoms with Gasteiger partial charge in [-0.1, -0.05) is 12.1 Å². The maximum atomic E-state index is 12.9. The van der Waals surface area contributed by atoms with Crippen LogP contribution in [0, 0.1) is 5.82 Å². The number of aromatic nitrogens is 1. The molecule has 2 N–H and O–H groups in total.